The number of halogens is 1. The summed E-state index contributed by atoms with van der Waals surface area (Å²) in [7, 11) is -3.52. The van der Waals surface area contributed by atoms with Gasteiger partial charge in [-0.25, -0.2) is 13.1 Å². The van der Waals surface area contributed by atoms with Crippen LogP contribution in [0.4, 0.5) is 0 Å². The van der Waals surface area contributed by atoms with Crippen LogP contribution >= 0.6 is 15.9 Å². The minimum absolute atomic E-state index is 0.0932. The molecule has 6 heteroatoms. The molecule has 0 aliphatic heterocycles. The summed E-state index contributed by atoms with van der Waals surface area (Å²) < 4.78 is 28.5. The van der Waals surface area contributed by atoms with E-state index in [9.17, 15) is 8.42 Å². The van der Waals surface area contributed by atoms with Crippen LogP contribution < -0.4 is 10.0 Å². The summed E-state index contributed by atoms with van der Waals surface area (Å²) in [6.07, 6.45) is 0.936. The van der Waals surface area contributed by atoms with Crippen molar-refractivity contribution >= 4 is 26.0 Å². The van der Waals surface area contributed by atoms with Gasteiger partial charge >= 0.3 is 0 Å². The summed E-state index contributed by atoms with van der Waals surface area (Å²) in [6.45, 7) is 9.54. The Morgan fingerprint density at radius 2 is 1.90 bits per heavy atom. The maximum Gasteiger partial charge on any atom is 0.241 e. The van der Waals surface area contributed by atoms with Crippen LogP contribution in [0, 0.1) is 5.92 Å². The summed E-state index contributed by atoms with van der Waals surface area (Å²) in [5.41, 5.74) is 0.955. The first-order valence-electron chi connectivity index (χ1n) is 7.33. The molecule has 0 aliphatic rings. The number of sulfonamides is 1. The summed E-state index contributed by atoms with van der Waals surface area (Å²) in [5.74, 6) is 0.295. The van der Waals surface area contributed by atoms with Gasteiger partial charge in [0, 0.05) is 17.1 Å². The van der Waals surface area contributed by atoms with Crippen molar-refractivity contribution in [3.05, 3.63) is 28.2 Å². The molecule has 4 nitrogen and oxygen atoms in total. The van der Waals surface area contributed by atoms with Crippen molar-refractivity contribution in [1.29, 1.82) is 0 Å². The van der Waals surface area contributed by atoms with Crippen LogP contribution in [0.5, 0.6) is 0 Å². The fourth-order valence-corrected chi connectivity index (χ4v) is 4.28. The predicted molar refractivity (Wildman–Crippen MR) is 90.8 cm³/mol. The van der Waals surface area contributed by atoms with Crippen molar-refractivity contribution in [3.63, 3.8) is 0 Å². The van der Waals surface area contributed by atoms with Gasteiger partial charge in [0.1, 0.15) is 0 Å². The maximum atomic E-state index is 12.5. The zero-order chi connectivity index (χ0) is 16.0. The Bertz CT molecular complexity index is 561. The van der Waals surface area contributed by atoms with Crippen molar-refractivity contribution in [1.82, 2.24) is 10.0 Å². The lowest BCUT2D eigenvalue weighted by Crippen LogP contribution is -2.37. The van der Waals surface area contributed by atoms with Gasteiger partial charge in [0.2, 0.25) is 10.0 Å². The van der Waals surface area contributed by atoms with Crippen molar-refractivity contribution in [2.45, 2.75) is 51.6 Å². The van der Waals surface area contributed by atoms with Gasteiger partial charge in [0.05, 0.1) is 4.90 Å². The molecule has 0 heterocycles. The van der Waals surface area contributed by atoms with Crippen LogP contribution in [0.1, 0.15) is 39.7 Å². The second-order valence-electron chi connectivity index (χ2n) is 5.34. The lowest BCUT2D eigenvalue weighted by molar-refractivity contribution is 0.434. The normalized spacial score (nSPS) is 14.9. The minimum atomic E-state index is -3.52. The van der Waals surface area contributed by atoms with Gasteiger partial charge in [-0.3, -0.25) is 0 Å². The standard InChI is InChI=1S/C15H25BrN2O2S/c1-5-11(3)12(4)18-21(19,20)15-9-13(10-17-6-2)7-8-14(15)16/h7-9,11-12,17-18H,5-6,10H2,1-4H3. The molecule has 0 aliphatic carbocycles. The first-order valence-corrected chi connectivity index (χ1v) is 9.60. The Hall–Kier alpha value is -0.430. The van der Waals surface area contributed by atoms with Crippen molar-refractivity contribution in [2.24, 2.45) is 5.92 Å². The molecule has 120 valence electrons. The second kappa shape index (κ2) is 8.27. The van der Waals surface area contributed by atoms with Gasteiger partial charge in [-0.2, -0.15) is 0 Å². The molecule has 0 amide bonds. The van der Waals surface area contributed by atoms with Crippen LogP contribution in [0.25, 0.3) is 0 Å². The molecule has 1 aromatic carbocycles. The second-order valence-corrected chi connectivity index (χ2v) is 7.88. The SMILES string of the molecule is CCNCc1ccc(Br)c(S(=O)(=O)NC(C)C(C)CC)c1. The summed E-state index contributed by atoms with van der Waals surface area (Å²) in [6, 6.07) is 5.33. The quantitative estimate of drug-likeness (QED) is 0.731. The van der Waals surface area contributed by atoms with Crippen LogP contribution in [-0.4, -0.2) is 21.0 Å². The molecule has 2 N–H and O–H groups in total. The molecular weight excluding hydrogens is 352 g/mol. The van der Waals surface area contributed by atoms with Crippen LogP contribution in [0.3, 0.4) is 0 Å². The van der Waals surface area contributed by atoms with E-state index in [1.54, 1.807) is 12.1 Å². The van der Waals surface area contributed by atoms with E-state index in [0.29, 0.717) is 21.8 Å². The lowest BCUT2D eigenvalue weighted by Gasteiger charge is -2.20. The largest absolute Gasteiger partial charge is 0.313 e. The van der Waals surface area contributed by atoms with E-state index in [0.717, 1.165) is 18.5 Å². The van der Waals surface area contributed by atoms with E-state index in [2.05, 4.69) is 32.9 Å². The van der Waals surface area contributed by atoms with E-state index in [4.69, 9.17) is 0 Å². The number of nitrogens with one attached hydrogen (secondary N) is 2. The van der Waals surface area contributed by atoms with Crippen LogP contribution in [0.2, 0.25) is 0 Å². The van der Waals surface area contributed by atoms with Crippen molar-refractivity contribution in [2.75, 3.05) is 6.54 Å². The van der Waals surface area contributed by atoms with Gasteiger partial charge in [0.25, 0.3) is 0 Å². The highest BCUT2D eigenvalue weighted by molar-refractivity contribution is 9.10. The van der Waals surface area contributed by atoms with E-state index in [-0.39, 0.29) is 6.04 Å². The predicted octanol–water partition coefficient (Wildman–Crippen LogP) is 3.27. The highest BCUT2D eigenvalue weighted by Gasteiger charge is 2.22. The number of benzene rings is 1. The van der Waals surface area contributed by atoms with E-state index in [1.165, 1.54) is 0 Å². The molecule has 0 saturated carbocycles. The highest BCUT2D eigenvalue weighted by atomic mass is 79.9. The van der Waals surface area contributed by atoms with E-state index < -0.39 is 10.0 Å². The van der Waals surface area contributed by atoms with Gasteiger partial charge < -0.3 is 5.32 Å². The summed E-state index contributed by atoms with van der Waals surface area (Å²) >= 11 is 3.34. The molecule has 0 fully saturated rings. The highest BCUT2D eigenvalue weighted by Crippen LogP contribution is 2.24. The molecule has 21 heavy (non-hydrogen) atoms. The topological polar surface area (TPSA) is 58.2 Å². The third-order valence-electron chi connectivity index (χ3n) is 3.70. The zero-order valence-electron chi connectivity index (χ0n) is 13.1. The molecule has 0 aromatic heterocycles. The van der Waals surface area contributed by atoms with Gasteiger partial charge in [-0.05, 0) is 53.0 Å². The summed E-state index contributed by atoms with van der Waals surface area (Å²) in [4.78, 5) is 0.299. The average molecular weight is 377 g/mol. The third kappa shape index (κ3) is 5.36. The molecule has 1 rings (SSSR count). The Labute approximate surface area is 136 Å². The van der Waals surface area contributed by atoms with Gasteiger partial charge in [-0.15, -0.1) is 0 Å². The maximum absolute atomic E-state index is 12.5. The summed E-state index contributed by atoms with van der Waals surface area (Å²) in [5, 5.41) is 3.20. The first-order chi connectivity index (χ1) is 9.81. The molecule has 2 atom stereocenters. The number of rotatable bonds is 8. The third-order valence-corrected chi connectivity index (χ3v) is 6.26. The minimum Gasteiger partial charge on any atom is -0.313 e. The first kappa shape index (κ1) is 18.6. The Morgan fingerprint density at radius 1 is 1.24 bits per heavy atom. The Kier molecular flexibility index (Phi) is 7.33. The number of hydrogen-bond donors (Lipinski definition) is 2. The van der Waals surface area contributed by atoms with Crippen molar-refractivity contribution < 1.29 is 8.42 Å². The Balaban J connectivity index is 3.01. The molecule has 0 saturated heterocycles. The molecule has 1 aromatic rings. The van der Waals surface area contributed by atoms with Crippen molar-refractivity contribution in [3.8, 4) is 0 Å². The Morgan fingerprint density at radius 3 is 2.48 bits per heavy atom. The monoisotopic (exact) mass is 376 g/mol. The molecule has 2 unspecified atom stereocenters. The molecule has 0 radical (unpaired) electrons. The molecule has 0 spiro atoms. The van der Waals surface area contributed by atoms with Crippen LogP contribution in [0.15, 0.2) is 27.6 Å². The smallest absolute Gasteiger partial charge is 0.241 e. The zero-order valence-corrected chi connectivity index (χ0v) is 15.5. The van der Waals surface area contributed by atoms with Gasteiger partial charge in [0.15, 0.2) is 0 Å². The van der Waals surface area contributed by atoms with E-state index in [1.807, 2.05) is 26.8 Å². The van der Waals surface area contributed by atoms with Gasteiger partial charge in [-0.1, -0.05) is 33.3 Å². The lowest BCUT2D eigenvalue weighted by atomic mass is 10.0. The fraction of sp³-hybridized carbons (Fsp3) is 0.600. The average Bonchev–Trinajstić information content (AvgIpc) is 2.44. The fourth-order valence-electron chi connectivity index (χ4n) is 1.91. The molecular formula is C15H25BrN2O2S. The molecule has 0 bridgehead atoms. The van der Waals surface area contributed by atoms with Crippen LogP contribution in [-0.2, 0) is 16.6 Å². The van der Waals surface area contributed by atoms with E-state index >= 15 is 0 Å². The number of hydrogen-bond acceptors (Lipinski definition) is 3.